The third-order valence-electron chi connectivity index (χ3n) is 5.96. The predicted octanol–water partition coefficient (Wildman–Crippen LogP) is 5.68. The summed E-state index contributed by atoms with van der Waals surface area (Å²) in [7, 11) is 0. The van der Waals surface area contributed by atoms with Crippen LogP contribution in [-0.2, 0) is 29.1 Å². The lowest BCUT2D eigenvalue weighted by molar-refractivity contribution is -0.142. The molecule has 1 atom stereocenters. The first-order valence-electron chi connectivity index (χ1n) is 12.2. The summed E-state index contributed by atoms with van der Waals surface area (Å²) >= 11 is 6.22. The van der Waals surface area contributed by atoms with Crippen molar-refractivity contribution in [2.75, 3.05) is 6.61 Å². The maximum absolute atomic E-state index is 13.6. The van der Waals surface area contributed by atoms with Crippen molar-refractivity contribution in [3.8, 4) is 5.75 Å². The van der Waals surface area contributed by atoms with Crippen LogP contribution in [0.5, 0.6) is 5.75 Å². The van der Waals surface area contributed by atoms with Gasteiger partial charge in [-0.25, -0.2) is 0 Å². The van der Waals surface area contributed by atoms with E-state index in [1.54, 1.807) is 29.2 Å². The molecule has 0 aliphatic heterocycles. The number of nitrogens with one attached hydrogen (secondary N) is 1. The molecule has 6 heteroatoms. The predicted molar refractivity (Wildman–Crippen MR) is 146 cm³/mol. The Balaban J connectivity index is 1.60. The van der Waals surface area contributed by atoms with Gasteiger partial charge in [0.25, 0.3) is 5.91 Å². The molecule has 0 saturated heterocycles. The largest absolute Gasteiger partial charge is 0.482 e. The number of para-hydroxylation sites is 1. The van der Waals surface area contributed by atoms with E-state index in [1.165, 1.54) is 0 Å². The minimum atomic E-state index is -0.742. The van der Waals surface area contributed by atoms with Gasteiger partial charge in [-0.3, -0.25) is 9.59 Å². The first kappa shape index (κ1) is 26.0. The molecule has 188 valence electrons. The molecule has 37 heavy (non-hydrogen) atoms. The molecule has 0 unspecified atom stereocenters. The van der Waals surface area contributed by atoms with Crippen LogP contribution in [-0.4, -0.2) is 29.4 Å². The van der Waals surface area contributed by atoms with Crippen LogP contribution in [0, 0.1) is 0 Å². The molecular weight excluding hydrogens is 484 g/mol. The Bertz CT molecular complexity index is 1280. The molecule has 0 spiro atoms. The zero-order chi connectivity index (χ0) is 25.9. The van der Waals surface area contributed by atoms with Crippen LogP contribution in [0.1, 0.15) is 16.7 Å². The number of hydrogen-bond donors (Lipinski definition) is 1. The zero-order valence-electron chi connectivity index (χ0n) is 20.4. The normalized spacial score (nSPS) is 11.4. The number of rotatable bonds is 11. The van der Waals surface area contributed by atoms with Gasteiger partial charge in [0.2, 0.25) is 5.91 Å². The second-order valence-electron chi connectivity index (χ2n) is 8.64. The van der Waals surface area contributed by atoms with Gasteiger partial charge in [0, 0.05) is 19.5 Å². The van der Waals surface area contributed by atoms with Gasteiger partial charge in [0.1, 0.15) is 11.8 Å². The second kappa shape index (κ2) is 13.3. The van der Waals surface area contributed by atoms with Gasteiger partial charge in [-0.2, -0.15) is 0 Å². The van der Waals surface area contributed by atoms with E-state index in [-0.39, 0.29) is 25.0 Å². The van der Waals surface area contributed by atoms with Crippen molar-refractivity contribution >= 4 is 23.4 Å². The molecule has 4 rings (SSSR count). The molecule has 0 aliphatic rings. The second-order valence-corrected chi connectivity index (χ2v) is 9.04. The van der Waals surface area contributed by atoms with Crippen molar-refractivity contribution in [3.05, 3.63) is 137 Å². The molecule has 0 fully saturated rings. The van der Waals surface area contributed by atoms with E-state index < -0.39 is 6.04 Å². The highest BCUT2D eigenvalue weighted by atomic mass is 35.5. The minimum Gasteiger partial charge on any atom is -0.482 e. The van der Waals surface area contributed by atoms with Gasteiger partial charge < -0.3 is 15.0 Å². The number of ether oxygens (including phenoxy) is 1. The fraction of sp³-hybridized carbons (Fsp3) is 0.161. The molecule has 0 heterocycles. The fourth-order valence-corrected chi connectivity index (χ4v) is 4.21. The van der Waals surface area contributed by atoms with Crippen LogP contribution in [0.4, 0.5) is 0 Å². The standard InChI is InChI=1S/C31H29ClN2O3/c32-27-18-10-11-19-29(27)37-23-30(35)34(22-26-16-8-3-9-17-26)28(20-24-12-4-1-5-13-24)31(36)33-21-25-14-6-2-7-15-25/h1-19,28H,20-23H2,(H,33,36)/t28-/m0/s1. The molecule has 4 aromatic carbocycles. The minimum absolute atomic E-state index is 0.227. The first-order valence-corrected chi connectivity index (χ1v) is 12.5. The van der Waals surface area contributed by atoms with Gasteiger partial charge in [-0.15, -0.1) is 0 Å². The molecule has 0 aromatic heterocycles. The molecule has 2 amide bonds. The Morgan fingerprint density at radius 1 is 0.730 bits per heavy atom. The number of halogens is 1. The Kier molecular flexibility index (Phi) is 9.33. The van der Waals surface area contributed by atoms with Crippen LogP contribution >= 0.6 is 11.6 Å². The topological polar surface area (TPSA) is 58.6 Å². The average Bonchev–Trinajstić information content (AvgIpc) is 2.94. The molecule has 0 aliphatic carbocycles. The highest BCUT2D eigenvalue weighted by Crippen LogP contribution is 2.23. The summed E-state index contributed by atoms with van der Waals surface area (Å²) in [4.78, 5) is 28.8. The third kappa shape index (κ3) is 7.69. The molecule has 0 bridgehead atoms. The Hall–Kier alpha value is -4.09. The number of carbonyl (C=O) groups excluding carboxylic acids is 2. The van der Waals surface area contributed by atoms with E-state index in [9.17, 15) is 9.59 Å². The lowest BCUT2D eigenvalue weighted by Gasteiger charge is -2.31. The van der Waals surface area contributed by atoms with Crippen molar-refractivity contribution in [1.82, 2.24) is 10.2 Å². The summed E-state index contributed by atoms with van der Waals surface area (Å²) in [6.45, 7) is 0.393. The van der Waals surface area contributed by atoms with E-state index in [2.05, 4.69) is 5.32 Å². The van der Waals surface area contributed by atoms with E-state index in [0.717, 1.165) is 16.7 Å². The smallest absolute Gasteiger partial charge is 0.261 e. The Labute approximate surface area is 222 Å². The van der Waals surface area contributed by atoms with E-state index in [1.807, 2.05) is 91.0 Å². The van der Waals surface area contributed by atoms with Crippen LogP contribution in [0.15, 0.2) is 115 Å². The molecule has 0 radical (unpaired) electrons. The number of carbonyl (C=O) groups is 2. The van der Waals surface area contributed by atoms with E-state index in [0.29, 0.717) is 23.7 Å². The van der Waals surface area contributed by atoms with Crippen molar-refractivity contribution in [3.63, 3.8) is 0 Å². The van der Waals surface area contributed by atoms with Gasteiger partial charge in [0.05, 0.1) is 5.02 Å². The molecule has 0 saturated carbocycles. The summed E-state index contributed by atoms with van der Waals surface area (Å²) in [6.07, 6.45) is 0.367. The quantitative estimate of drug-likeness (QED) is 0.281. The average molecular weight is 513 g/mol. The molecular formula is C31H29ClN2O3. The van der Waals surface area contributed by atoms with Gasteiger partial charge in [-0.1, -0.05) is 115 Å². The lowest BCUT2D eigenvalue weighted by atomic mass is 10.0. The lowest BCUT2D eigenvalue weighted by Crippen LogP contribution is -2.51. The van der Waals surface area contributed by atoms with Crippen LogP contribution < -0.4 is 10.1 Å². The van der Waals surface area contributed by atoms with Crippen molar-refractivity contribution in [2.45, 2.75) is 25.6 Å². The fourth-order valence-electron chi connectivity index (χ4n) is 4.02. The SMILES string of the molecule is O=C(NCc1ccccc1)[C@H](Cc1ccccc1)N(Cc1ccccc1)C(=O)COc1ccccc1Cl. The molecule has 4 aromatic rings. The van der Waals surface area contributed by atoms with E-state index in [4.69, 9.17) is 16.3 Å². The van der Waals surface area contributed by atoms with E-state index >= 15 is 0 Å². The van der Waals surface area contributed by atoms with Gasteiger partial charge in [0.15, 0.2) is 6.61 Å². The number of nitrogens with zero attached hydrogens (tertiary/aromatic N) is 1. The Morgan fingerprint density at radius 3 is 1.89 bits per heavy atom. The van der Waals surface area contributed by atoms with Crippen LogP contribution in [0.3, 0.4) is 0 Å². The maximum Gasteiger partial charge on any atom is 0.261 e. The molecule has 5 nitrogen and oxygen atoms in total. The highest BCUT2D eigenvalue weighted by Gasteiger charge is 2.30. The zero-order valence-corrected chi connectivity index (χ0v) is 21.2. The highest BCUT2D eigenvalue weighted by molar-refractivity contribution is 6.32. The van der Waals surface area contributed by atoms with Crippen LogP contribution in [0.25, 0.3) is 0 Å². The number of benzene rings is 4. The summed E-state index contributed by atoms with van der Waals surface area (Å²) in [5, 5.41) is 3.45. The van der Waals surface area contributed by atoms with Crippen molar-refractivity contribution in [1.29, 1.82) is 0 Å². The van der Waals surface area contributed by atoms with Gasteiger partial charge >= 0.3 is 0 Å². The summed E-state index contributed by atoms with van der Waals surface area (Å²) in [5.41, 5.74) is 2.86. The summed E-state index contributed by atoms with van der Waals surface area (Å²) < 4.78 is 5.77. The maximum atomic E-state index is 13.6. The monoisotopic (exact) mass is 512 g/mol. The van der Waals surface area contributed by atoms with Gasteiger partial charge in [-0.05, 0) is 28.8 Å². The first-order chi connectivity index (χ1) is 18.1. The van der Waals surface area contributed by atoms with Crippen LogP contribution in [0.2, 0.25) is 5.02 Å². The third-order valence-corrected chi connectivity index (χ3v) is 6.28. The summed E-state index contributed by atoms with van der Waals surface area (Å²) in [6, 6.07) is 35.3. The Morgan fingerprint density at radius 2 is 1.27 bits per heavy atom. The van der Waals surface area contributed by atoms with Crippen molar-refractivity contribution in [2.24, 2.45) is 0 Å². The molecule has 1 N–H and O–H groups in total. The number of hydrogen-bond acceptors (Lipinski definition) is 3. The van der Waals surface area contributed by atoms with Crippen molar-refractivity contribution < 1.29 is 14.3 Å². The summed E-state index contributed by atoms with van der Waals surface area (Å²) in [5.74, 6) is -0.111. The number of amides is 2.